The summed E-state index contributed by atoms with van der Waals surface area (Å²) in [6.45, 7) is 13.4. The van der Waals surface area contributed by atoms with Crippen LogP contribution in [0, 0.1) is 0 Å². The molecule has 0 aliphatic heterocycles. The van der Waals surface area contributed by atoms with Gasteiger partial charge in [-0.3, -0.25) is 9.59 Å². The van der Waals surface area contributed by atoms with Crippen molar-refractivity contribution in [1.29, 1.82) is 0 Å². The molecule has 0 fully saturated rings. The average molecular weight is 809 g/mol. The lowest BCUT2D eigenvalue weighted by molar-refractivity contribution is -0.146. The van der Waals surface area contributed by atoms with Crippen molar-refractivity contribution in [2.75, 3.05) is 132 Å². The molecule has 0 aromatic carbocycles. The highest BCUT2D eigenvalue weighted by molar-refractivity contribution is 5.69. The highest BCUT2D eigenvalue weighted by Gasteiger charge is 2.04. The number of hydrogen-bond acceptors (Lipinski definition) is 13. The van der Waals surface area contributed by atoms with Crippen LogP contribution in [-0.2, 0) is 61.7 Å². The van der Waals surface area contributed by atoms with E-state index in [9.17, 15) is 9.59 Å². The molecule has 13 heteroatoms. The first-order valence-corrected chi connectivity index (χ1v) is 22.2. The van der Waals surface area contributed by atoms with Crippen molar-refractivity contribution >= 4 is 11.9 Å². The molecule has 0 heterocycles. The molecule has 0 spiro atoms. The molecule has 0 saturated carbocycles. The van der Waals surface area contributed by atoms with Crippen LogP contribution in [0.15, 0.2) is 0 Å². The molecule has 334 valence electrons. The van der Waals surface area contributed by atoms with Crippen molar-refractivity contribution in [3.8, 4) is 0 Å². The molecular formula is C43H84O13. The Balaban J connectivity index is 3.15. The molecule has 0 aromatic heterocycles. The molecule has 0 amide bonds. The smallest absolute Gasteiger partial charge is 0.305 e. The van der Waals surface area contributed by atoms with E-state index in [1.54, 1.807) is 0 Å². The number of carbonyl (C=O) groups is 2. The fourth-order valence-corrected chi connectivity index (χ4v) is 5.42. The van der Waals surface area contributed by atoms with Crippen LogP contribution in [0.1, 0.15) is 136 Å². The van der Waals surface area contributed by atoms with Crippen LogP contribution in [0.5, 0.6) is 0 Å². The summed E-state index contributed by atoms with van der Waals surface area (Å²) in [5, 5.41) is 0. The maximum atomic E-state index is 11.9. The minimum Gasteiger partial charge on any atom is -0.463 e. The Morgan fingerprint density at radius 2 is 0.429 bits per heavy atom. The fourth-order valence-electron chi connectivity index (χ4n) is 5.42. The van der Waals surface area contributed by atoms with Gasteiger partial charge in [0.15, 0.2) is 0 Å². The molecule has 56 heavy (non-hydrogen) atoms. The lowest BCUT2D eigenvalue weighted by atomic mass is 10.0. The number of rotatable bonds is 49. The number of carbonyl (C=O) groups excluding carboxylic acids is 2. The molecule has 0 N–H and O–H groups in total. The first kappa shape index (κ1) is 54.6. The maximum absolute atomic E-state index is 11.9. The topological polar surface area (TPSA) is 136 Å². The van der Waals surface area contributed by atoms with Crippen LogP contribution in [0.25, 0.3) is 0 Å². The number of ether oxygens (including phenoxy) is 11. The number of unbranched alkanes of at least 4 members (excludes halogenated alkanes) is 15. The van der Waals surface area contributed by atoms with Gasteiger partial charge in [-0.05, 0) is 12.8 Å². The highest BCUT2D eigenvalue weighted by atomic mass is 16.6. The summed E-state index contributed by atoms with van der Waals surface area (Å²) in [6.07, 6.45) is 22.0. The predicted octanol–water partition coefficient (Wildman–Crippen LogP) is 7.67. The van der Waals surface area contributed by atoms with Crippen molar-refractivity contribution < 1.29 is 61.7 Å². The van der Waals surface area contributed by atoms with E-state index >= 15 is 0 Å². The van der Waals surface area contributed by atoms with E-state index in [2.05, 4.69) is 13.8 Å². The van der Waals surface area contributed by atoms with Crippen molar-refractivity contribution in [3.63, 3.8) is 0 Å². The van der Waals surface area contributed by atoms with Crippen molar-refractivity contribution in [3.05, 3.63) is 0 Å². The second-order valence-corrected chi connectivity index (χ2v) is 13.8. The average Bonchev–Trinajstić information content (AvgIpc) is 3.20. The molecule has 0 aliphatic carbocycles. The van der Waals surface area contributed by atoms with Crippen molar-refractivity contribution in [2.45, 2.75) is 136 Å². The van der Waals surface area contributed by atoms with Gasteiger partial charge in [-0.2, -0.15) is 0 Å². The molecule has 0 radical (unpaired) electrons. The van der Waals surface area contributed by atoms with Gasteiger partial charge in [-0.15, -0.1) is 0 Å². The first-order valence-electron chi connectivity index (χ1n) is 22.2. The third-order valence-corrected chi connectivity index (χ3v) is 8.68. The molecule has 0 rings (SSSR count). The Morgan fingerprint density at radius 3 is 0.661 bits per heavy atom. The zero-order valence-corrected chi connectivity index (χ0v) is 35.9. The van der Waals surface area contributed by atoms with Crippen LogP contribution < -0.4 is 0 Å². The van der Waals surface area contributed by atoms with E-state index in [1.807, 2.05) is 0 Å². The van der Waals surface area contributed by atoms with Gasteiger partial charge >= 0.3 is 11.9 Å². The Labute approximate surface area is 341 Å². The summed E-state index contributed by atoms with van der Waals surface area (Å²) in [4.78, 5) is 23.4. The van der Waals surface area contributed by atoms with Gasteiger partial charge in [-0.1, -0.05) is 110 Å². The Hall–Kier alpha value is -1.42. The van der Waals surface area contributed by atoms with E-state index in [0.717, 1.165) is 38.5 Å². The summed E-state index contributed by atoms with van der Waals surface area (Å²) in [6, 6.07) is 0. The van der Waals surface area contributed by atoms with E-state index in [1.165, 1.54) is 70.6 Å². The Bertz CT molecular complexity index is 774. The van der Waals surface area contributed by atoms with Gasteiger partial charge < -0.3 is 52.1 Å². The van der Waals surface area contributed by atoms with E-state index in [-0.39, 0.29) is 25.2 Å². The van der Waals surface area contributed by atoms with Crippen LogP contribution in [0.3, 0.4) is 0 Å². The van der Waals surface area contributed by atoms with Gasteiger partial charge in [0.05, 0.1) is 119 Å². The van der Waals surface area contributed by atoms with Crippen molar-refractivity contribution in [2.24, 2.45) is 0 Å². The molecule has 0 saturated heterocycles. The molecule has 0 atom stereocenters. The quantitative estimate of drug-likeness (QED) is 0.0440. The minimum atomic E-state index is -0.153. The maximum Gasteiger partial charge on any atom is 0.305 e. The zero-order valence-electron chi connectivity index (χ0n) is 35.9. The fraction of sp³-hybridized carbons (Fsp3) is 0.953. The van der Waals surface area contributed by atoms with Crippen molar-refractivity contribution in [1.82, 2.24) is 0 Å². The lowest BCUT2D eigenvalue weighted by Crippen LogP contribution is -2.15. The van der Waals surface area contributed by atoms with Gasteiger partial charge in [0, 0.05) is 12.8 Å². The summed E-state index contributed by atoms with van der Waals surface area (Å²) in [7, 11) is 0. The zero-order chi connectivity index (χ0) is 40.5. The van der Waals surface area contributed by atoms with Gasteiger partial charge in [-0.25, -0.2) is 0 Å². The Kier molecular flexibility index (Phi) is 48.5. The molecule has 13 nitrogen and oxygen atoms in total. The Morgan fingerprint density at radius 1 is 0.250 bits per heavy atom. The van der Waals surface area contributed by atoms with Crippen LogP contribution in [-0.4, -0.2) is 144 Å². The number of hydrogen-bond donors (Lipinski definition) is 0. The van der Waals surface area contributed by atoms with E-state index in [0.29, 0.717) is 132 Å². The summed E-state index contributed by atoms with van der Waals surface area (Å²) >= 11 is 0. The third kappa shape index (κ3) is 48.7. The largest absolute Gasteiger partial charge is 0.463 e. The third-order valence-electron chi connectivity index (χ3n) is 8.68. The van der Waals surface area contributed by atoms with E-state index < -0.39 is 0 Å². The van der Waals surface area contributed by atoms with Gasteiger partial charge in [0.25, 0.3) is 0 Å². The molecule has 0 aromatic rings. The standard InChI is InChI=1S/C43H84O13/c1-3-5-7-9-10-11-12-13-14-15-16-17-19-21-43(45)56-41-39-54-37-35-52-33-31-50-29-27-48-25-23-46-22-24-47-26-28-49-30-32-51-34-36-53-38-40-55-42(44)20-18-8-6-4-2/h3-41H2,1-2H3. The van der Waals surface area contributed by atoms with E-state index in [4.69, 9.17) is 52.1 Å². The highest BCUT2D eigenvalue weighted by Crippen LogP contribution is 2.13. The molecular weight excluding hydrogens is 724 g/mol. The predicted molar refractivity (Wildman–Crippen MR) is 218 cm³/mol. The first-order chi connectivity index (χ1) is 27.7. The summed E-state index contributed by atoms with van der Waals surface area (Å²) < 4.78 is 59.7. The van der Waals surface area contributed by atoms with Gasteiger partial charge in [0.1, 0.15) is 13.2 Å². The van der Waals surface area contributed by atoms with Crippen LogP contribution >= 0.6 is 0 Å². The number of esters is 2. The molecule has 0 unspecified atom stereocenters. The SMILES string of the molecule is CCCCCCCCCCCCCCCC(=O)OCCOCCOCCOCCOCCOCCOCCOCCOCCOCCOC(=O)CCCCCC. The van der Waals surface area contributed by atoms with Gasteiger partial charge in [0.2, 0.25) is 0 Å². The second kappa shape index (κ2) is 49.7. The molecule has 0 bridgehead atoms. The van der Waals surface area contributed by atoms with Crippen LogP contribution in [0.2, 0.25) is 0 Å². The normalized spacial score (nSPS) is 11.4. The monoisotopic (exact) mass is 809 g/mol. The molecule has 0 aliphatic rings. The van der Waals surface area contributed by atoms with Crippen LogP contribution in [0.4, 0.5) is 0 Å². The lowest BCUT2D eigenvalue weighted by Gasteiger charge is -2.09. The minimum absolute atomic E-state index is 0.134. The summed E-state index contributed by atoms with van der Waals surface area (Å²) in [5.41, 5.74) is 0. The second-order valence-electron chi connectivity index (χ2n) is 13.8. The summed E-state index contributed by atoms with van der Waals surface area (Å²) in [5.74, 6) is -0.288.